The lowest BCUT2D eigenvalue weighted by Gasteiger charge is -2.11. The van der Waals surface area contributed by atoms with Crippen LogP contribution in [-0.2, 0) is 4.79 Å². The summed E-state index contributed by atoms with van der Waals surface area (Å²) in [4.78, 5) is 29.2. The first-order valence-corrected chi connectivity index (χ1v) is 4.30. The Labute approximate surface area is 90.3 Å². The van der Waals surface area contributed by atoms with Crippen LogP contribution in [0, 0.1) is 0 Å². The van der Waals surface area contributed by atoms with Crippen molar-refractivity contribution in [1.82, 2.24) is 15.3 Å². The lowest BCUT2D eigenvalue weighted by molar-refractivity contribution is -0.140. The number of aliphatic hydroxyl groups excluding tert-OH is 1. The molecular weight excluding hydrogens is 216 g/mol. The Morgan fingerprint density at radius 1 is 1.44 bits per heavy atom. The van der Waals surface area contributed by atoms with Crippen LogP contribution in [0.5, 0.6) is 0 Å². The molecule has 0 bridgehead atoms. The van der Waals surface area contributed by atoms with Gasteiger partial charge in [-0.05, 0) is 0 Å². The molecule has 0 spiro atoms. The van der Waals surface area contributed by atoms with Crippen LogP contribution in [0.25, 0.3) is 0 Å². The number of amides is 2. The monoisotopic (exact) mass is 226 g/mol. The molecule has 1 atom stereocenters. The lowest BCUT2D eigenvalue weighted by atomic mass is 10.3. The highest BCUT2D eigenvalue weighted by molar-refractivity contribution is 5.91. The third-order valence-electron chi connectivity index (χ3n) is 1.59. The van der Waals surface area contributed by atoms with E-state index in [1.54, 1.807) is 0 Å². The Morgan fingerprint density at radius 3 is 2.69 bits per heavy atom. The molecule has 0 aliphatic carbocycles. The van der Waals surface area contributed by atoms with E-state index >= 15 is 0 Å². The summed E-state index contributed by atoms with van der Waals surface area (Å²) in [6, 6.07) is -2.13. The van der Waals surface area contributed by atoms with E-state index in [1.165, 1.54) is 18.6 Å². The van der Waals surface area contributed by atoms with Gasteiger partial charge < -0.3 is 15.5 Å². The summed E-state index contributed by atoms with van der Waals surface area (Å²) in [5, 5.41) is 21.5. The minimum atomic E-state index is -1.35. The molecule has 1 aromatic rings. The molecule has 4 N–H and O–H groups in total. The van der Waals surface area contributed by atoms with E-state index in [1.807, 2.05) is 5.32 Å². The first-order valence-electron chi connectivity index (χ1n) is 4.30. The molecule has 1 rings (SSSR count). The van der Waals surface area contributed by atoms with Gasteiger partial charge >= 0.3 is 12.0 Å². The standard InChI is InChI=1S/C8H10N4O4/c13-4-5(7(14)15)11-8(16)12-6-3-9-1-2-10-6/h1-3,5,13H,4H2,(H,14,15)(H2,10,11,12,16). The topological polar surface area (TPSA) is 124 Å². The predicted molar refractivity (Wildman–Crippen MR) is 52.7 cm³/mol. The highest BCUT2D eigenvalue weighted by Crippen LogP contribution is 1.96. The van der Waals surface area contributed by atoms with Crippen molar-refractivity contribution in [1.29, 1.82) is 0 Å². The van der Waals surface area contributed by atoms with Crippen LogP contribution in [0.15, 0.2) is 18.6 Å². The summed E-state index contributed by atoms with van der Waals surface area (Å²) in [6.45, 7) is -0.691. The zero-order valence-electron chi connectivity index (χ0n) is 8.12. The van der Waals surface area contributed by atoms with Gasteiger partial charge in [-0.15, -0.1) is 0 Å². The Morgan fingerprint density at radius 2 is 2.19 bits per heavy atom. The SMILES string of the molecule is O=C(Nc1cnccn1)NC(CO)C(=O)O. The Bertz CT molecular complexity index is 370. The van der Waals surface area contributed by atoms with Gasteiger partial charge in [-0.1, -0.05) is 0 Å². The Kier molecular flexibility index (Phi) is 4.16. The van der Waals surface area contributed by atoms with Crippen LogP contribution < -0.4 is 10.6 Å². The van der Waals surface area contributed by atoms with Crippen LogP contribution >= 0.6 is 0 Å². The number of nitrogens with zero attached hydrogens (tertiary/aromatic N) is 2. The highest BCUT2D eigenvalue weighted by atomic mass is 16.4. The first kappa shape index (κ1) is 11.9. The fraction of sp³-hybridized carbons (Fsp3) is 0.250. The smallest absolute Gasteiger partial charge is 0.328 e. The number of carbonyl (C=O) groups is 2. The second-order valence-corrected chi connectivity index (χ2v) is 2.76. The Balaban J connectivity index is 2.50. The Hall–Kier alpha value is -2.22. The van der Waals surface area contributed by atoms with Gasteiger partial charge in [0.05, 0.1) is 12.8 Å². The molecule has 1 aromatic heterocycles. The van der Waals surface area contributed by atoms with E-state index in [9.17, 15) is 9.59 Å². The molecule has 2 amide bonds. The van der Waals surface area contributed by atoms with E-state index in [0.717, 1.165) is 0 Å². The van der Waals surface area contributed by atoms with Crippen molar-refractivity contribution in [3.8, 4) is 0 Å². The molecule has 0 radical (unpaired) electrons. The highest BCUT2D eigenvalue weighted by Gasteiger charge is 2.18. The molecule has 0 saturated carbocycles. The van der Waals surface area contributed by atoms with Crippen molar-refractivity contribution in [2.45, 2.75) is 6.04 Å². The molecule has 1 unspecified atom stereocenters. The van der Waals surface area contributed by atoms with Gasteiger partial charge in [0.15, 0.2) is 11.9 Å². The van der Waals surface area contributed by atoms with Gasteiger partial charge in [0.2, 0.25) is 0 Å². The molecule has 16 heavy (non-hydrogen) atoms. The van der Waals surface area contributed by atoms with Gasteiger partial charge in [0.25, 0.3) is 0 Å². The number of urea groups is 1. The van der Waals surface area contributed by atoms with Crippen molar-refractivity contribution < 1.29 is 19.8 Å². The van der Waals surface area contributed by atoms with Crippen LogP contribution in [-0.4, -0.2) is 44.8 Å². The van der Waals surface area contributed by atoms with Gasteiger partial charge in [0.1, 0.15) is 0 Å². The maximum Gasteiger partial charge on any atom is 0.328 e. The third kappa shape index (κ3) is 3.50. The van der Waals surface area contributed by atoms with Crippen LogP contribution in [0.4, 0.5) is 10.6 Å². The molecule has 86 valence electrons. The van der Waals surface area contributed by atoms with Gasteiger partial charge in [-0.2, -0.15) is 0 Å². The van der Waals surface area contributed by atoms with E-state index in [2.05, 4.69) is 15.3 Å². The number of rotatable bonds is 4. The van der Waals surface area contributed by atoms with E-state index < -0.39 is 24.6 Å². The lowest BCUT2D eigenvalue weighted by Crippen LogP contribution is -2.45. The molecule has 0 aliphatic rings. The second-order valence-electron chi connectivity index (χ2n) is 2.76. The van der Waals surface area contributed by atoms with Gasteiger partial charge in [-0.3, -0.25) is 10.3 Å². The molecule has 0 aliphatic heterocycles. The number of nitrogens with one attached hydrogen (secondary N) is 2. The number of carboxylic acids is 1. The molecule has 8 nitrogen and oxygen atoms in total. The fourth-order valence-corrected chi connectivity index (χ4v) is 0.860. The molecule has 1 heterocycles. The molecular formula is C8H10N4O4. The molecule has 0 fully saturated rings. The zero-order chi connectivity index (χ0) is 12.0. The van der Waals surface area contributed by atoms with Crippen LogP contribution in [0.3, 0.4) is 0 Å². The van der Waals surface area contributed by atoms with E-state index in [4.69, 9.17) is 10.2 Å². The maximum atomic E-state index is 11.2. The third-order valence-corrected chi connectivity index (χ3v) is 1.59. The number of carbonyl (C=O) groups excluding carboxylic acids is 1. The summed E-state index contributed by atoms with van der Waals surface area (Å²) >= 11 is 0. The average molecular weight is 226 g/mol. The number of aliphatic hydroxyl groups is 1. The van der Waals surface area contributed by atoms with Gasteiger partial charge in [-0.25, -0.2) is 14.6 Å². The number of hydrogen-bond acceptors (Lipinski definition) is 5. The molecule has 0 aromatic carbocycles. The summed E-state index contributed by atoms with van der Waals surface area (Å²) in [6.07, 6.45) is 4.10. The number of aliphatic carboxylic acids is 1. The van der Waals surface area contributed by atoms with Crippen molar-refractivity contribution in [2.24, 2.45) is 0 Å². The van der Waals surface area contributed by atoms with Crippen LogP contribution in [0.1, 0.15) is 0 Å². The summed E-state index contributed by atoms with van der Waals surface area (Å²) in [5.41, 5.74) is 0. The summed E-state index contributed by atoms with van der Waals surface area (Å²) in [7, 11) is 0. The second kappa shape index (κ2) is 5.61. The van der Waals surface area contributed by atoms with Crippen molar-refractivity contribution in [3.63, 3.8) is 0 Å². The number of hydrogen-bond donors (Lipinski definition) is 4. The largest absolute Gasteiger partial charge is 0.480 e. The maximum absolute atomic E-state index is 11.2. The van der Waals surface area contributed by atoms with Crippen molar-refractivity contribution in [2.75, 3.05) is 11.9 Å². The average Bonchev–Trinajstić information content (AvgIpc) is 2.27. The van der Waals surface area contributed by atoms with E-state index in [-0.39, 0.29) is 5.82 Å². The molecule has 8 heteroatoms. The normalized spacial score (nSPS) is 11.6. The number of carboxylic acid groups (broad SMARTS) is 1. The first-order chi connectivity index (χ1) is 7.63. The van der Waals surface area contributed by atoms with Crippen molar-refractivity contribution in [3.05, 3.63) is 18.6 Å². The zero-order valence-corrected chi connectivity index (χ0v) is 8.12. The van der Waals surface area contributed by atoms with Crippen molar-refractivity contribution >= 4 is 17.8 Å². The van der Waals surface area contributed by atoms with E-state index in [0.29, 0.717) is 0 Å². The molecule has 0 saturated heterocycles. The number of aromatic nitrogens is 2. The van der Waals surface area contributed by atoms with Gasteiger partial charge in [0, 0.05) is 12.4 Å². The minimum Gasteiger partial charge on any atom is -0.480 e. The summed E-state index contributed by atoms with van der Waals surface area (Å²) < 4.78 is 0. The minimum absolute atomic E-state index is 0.182. The predicted octanol–water partition coefficient (Wildman–Crippen LogP) is -0.956. The quantitative estimate of drug-likeness (QED) is 0.524. The summed E-state index contributed by atoms with van der Waals surface area (Å²) in [5.74, 6) is -1.14. The fourth-order valence-electron chi connectivity index (χ4n) is 0.860. The number of anilines is 1. The van der Waals surface area contributed by atoms with Crippen LogP contribution in [0.2, 0.25) is 0 Å².